The Labute approximate surface area is 122 Å². The summed E-state index contributed by atoms with van der Waals surface area (Å²) in [6.45, 7) is 0.298. The third kappa shape index (κ3) is 2.49. The number of hydrogen-bond acceptors (Lipinski definition) is 2. The molecule has 3 nitrogen and oxygen atoms in total. The fourth-order valence-corrected chi connectivity index (χ4v) is 2.44. The van der Waals surface area contributed by atoms with E-state index in [4.69, 9.17) is 0 Å². The summed E-state index contributed by atoms with van der Waals surface area (Å²) in [4.78, 5) is 16.6. The third-order valence-corrected chi connectivity index (χ3v) is 3.52. The van der Waals surface area contributed by atoms with E-state index in [2.05, 4.69) is 20.9 Å². The molecule has 3 rings (SSSR count). The molecule has 0 unspecified atom stereocenters. The van der Waals surface area contributed by atoms with Gasteiger partial charge in [0.2, 0.25) is 0 Å². The van der Waals surface area contributed by atoms with Crippen molar-refractivity contribution in [1.29, 1.82) is 0 Å². The predicted octanol–water partition coefficient (Wildman–Crippen LogP) is 3.35. The summed E-state index contributed by atoms with van der Waals surface area (Å²) in [5, 5.41) is 0.540. The third-order valence-electron chi connectivity index (χ3n) is 3.03. The summed E-state index contributed by atoms with van der Waals surface area (Å²) >= 11 is 3.34. The molecule has 100 valence electrons. The molecule has 0 spiro atoms. The topological polar surface area (TPSA) is 34.9 Å². The lowest BCUT2D eigenvalue weighted by Crippen LogP contribution is -2.21. The second-order valence-corrected chi connectivity index (χ2v) is 5.38. The number of benzene rings is 2. The second-order valence-electron chi connectivity index (χ2n) is 4.47. The number of aromatic nitrogens is 2. The van der Waals surface area contributed by atoms with Crippen molar-refractivity contribution in [2.45, 2.75) is 6.54 Å². The minimum atomic E-state index is -0.313. The zero-order chi connectivity index (χ0) is 14.1. The van der Waals surface area contributed by atoms with Crippen LogP contribution < -0.4 is 5.56 Å². The lowest BCUT2D eigenvalue weighted by Gasteiger charge is -2.07. The average molecular weight is 333 g/mol. The highest BCUT2D eigenvalue weighted by molar-refractivity contribution is 9.10. The molecule has 0 aliphatic carbocycles. The summed E-state index contributed by atoms with van der Waals surface area (Å²) < 4.78 is 15.5. The largest absolute Gasteiger partial charge is 0.294 e. The Morgan fingerprint density at radius 2 is 2.05 bits per heavy atom. The van der Waals surface area contributed by atoms with Gasteiger partial charge in [-0.05, 0) is 35.9 Å². The Kier molecular flexibility index (Phi) is 3.36. The van der Waals surface area contributed by atoms with Crippen LogP contribution in [0.25, 0.3) is 10.9 Å². The van der Waals surface area contributed by atoms with Gasteiger partial charge in [-0.25, -0.2) is 9.37 Å². The number of fused-ring (bicyclic) bond motifs is 1. The molecule has 1 aromatic heterocycles. The molecule has 0 fully saturated rings. The van der Waals surface area contributed by atoms with Gasteiger partial charge < -0.3 is 0 Å². The molecule has 0 N–H and O–H groups in total. The lowest BCUT2D eigenvalue weighted by atomic mass is 10.2. The van der Waals surface area contributed by atoms with Crippen molar-refractivity contribution < 1.29 is 4.39 Å². The van der Waals surface area contributed by atoms with Crippen molar-refractivity contribution in [1.82, 2.24) is 9.55 Å². The number of nitrogens with zero attached hydrogens (tertiary/aromatic N) is 2. The normalized spacial score (nSPS) is 10.9. The van der Waals surface area contributed by atoms with Gasteiger partial charge in [0.1, 0.15) is 5.82 Å². The standard InChI is InChI=1S/C15H10BrFN2O/c16-11-4-5-14-13(7-11)15(20)19(9-18-14)8-10-2-1-3-12(17)6-10/h1-7,9H,8H2. The molecule has 0 aliphatic heterocycles. The highest BCUT2D eigenvalue weighted by Gasteiger charge is 2.05. The quantitative estimate of drug-likeness (QED) is 0.721. The molecule has 1 heterocycles. The van der Waals surface area contributed by atoms with E-state index in [1.165, 1.54) is 23.0 Å². The van der Waals surface area contributed by atoms with E-state index >= 15 is 0 Å². The summed E-state index contributed by atoms with van der Waals surface area (Å²) in [6.07, 6.45) is 1.49. The Balaban J connectivity index is 2.08. The monoisotopic (exact) mass is 332 g/mol. The van der Waals surface area contributed by atoms with Gasteiger partial charge in [0.15, 0.2) is 0 Å². The summed E-state index contributed by atoms with van der Waals surface area (Å²) in [7, 11) is 0. The zero-order valence-corrected chi connectivity index (χ0v) is 12.0. The van der Waals surface area contributed by atoms with Crippen LogP contribution in [-0.4, -0.2) is 9.55 Å². The molecule has 5 heteroatoms. The van der Waals surface area contributed by atoms with Crippen molar-refractivity contribution in [2.75, 3.05) is 0 Å². The van der Waals surface area contributed by atoms with E-state index in [0.717, 1.165) is 10.0 Å². The average Bonchev–Trinajstić information content (AvgIpc) is 2.43. The maximum Gasteiger partial charge on any atom is 0.261 e. The van der Waals surface area contributed by atoms with Gasteiger partial charge in [-0.1, -0.05) is 28.1 Å². The van der Waals surface area contributed by atoms with Gasteiger partial charge in [0.25, 0.3) is 5.56 Å². The van der Waals surface area contributed by atoms with E-state index in [-0.39, 0.29) is 11.4 Å². The van der Waals surface area contributed by atoms with Crippen molar-refractivity contribution in [2.24, 2.45) is 0 Å². The SMILES string of the molecule is O=c1c2cc(Br)ccc2ncn1Cc1cccc(F)c1. The molecule has 20 heavy (non-hydrogen) atoms. The van der Waals surface area contributed by atoms with Crippen LogP contribution in [0.1, 0.15) is 5.56 Å². The number of halogens is 2. The van der Waals surface area contributed by atoms with Gasteiger partial charge in [0, 0.05) is 4.47 Å². The zero-order valence-electron chi connectivity index (χ0n) is 10.4. The van der Waals surface area contributed by atoms with Crippen LogP contribution in [0.5, 0.6) is 0 Å². The van der Waals surface area contributed by atoms with Gasteiger partial charge >= 0.3 is 0 Å². The summed E-state index contributed by atoms with van der Waals surface area (Å²) in [5.41, 5.74) is 1.23. The van der Waals surface area contributed by atoms with E-state index < -0.39 is 0 Å². The molecule has 0 saturated heterocycles. The Hall–Kier alpha value is -2.01. The first-order valence-electron chi connectivity index (χ1n) is 6.02. The Morgan fingerprint density at radius 3 is 2.85 bits per heavy atom. The van der Waals surface area contributed by atoms with Crippen LogP contribution in [0.15, 0.2) is 58.1 Å². The first-order valence-corrected chi connectivity index (χ1v) is 6.82. The summed E-state index contributed by atoms with van der Waals surface area (Å²) in [5.74, 6) is -0.313. The van der Waals surface area contributed by atoms with Crippen LogP contribution in [-0.2, 0) is 6.54 Å². The smallest absolute Gasteiger partial charge is 0.261 e. The minimum absolute atomic E-state index is 0.138. The highest BCUT2D eigenvalue weighted by Crippen LogP contribution is 2.15. The van der Waals surface area contributed by atoms with E-state index in [0.29, 0.717) is 17.4 Å². The molecule has 0 atom stereocenters. The first kappa shape index (κ1) is 13.0. The van der Waals surface area contributed by atoms with Gasteiger partial charge in [-0.3, -0.25) is 9.36 Å². The van der Waals surface area contributed by atoms with Gasteiger partial charge in [-0.2, -0.15) is 0 Å². The van der Waals surface area contributed by atoms with Crippen LogP contribution in [0, 0.1) is 5.82 Å². The lowest BCUT2D eigenvalue weighted by molar-refractivity contribution is 0.622. The molecule has 0 bridgehead atoms. The fraction of sp³-hybridized carbons (Fsp3) is 0.0667. The van der Waals surface area contributed by atoms with Crippen LogP contribution in [0.3, 0.4) is 0 Å². The van der Waals surface area contributed by atoms with Crippen molar-refractivity contribution in [3.63, 3.8) is 0 Å². The van der Waals surface area contributed by atoms with E-state index in [1.807, 2.05) is 6.07 Å². The molecule has 0 aliphatic rings. The Morgan fingerprint density at radius 1 is 1.20 bits per heavy atom. The van der Waals surface area contributed by atoms with Crippen molar-refractivity contribution >= 4 is 26.8 Å². The number of hydrogen-bond donors (Lipinski definition) is 0. The van der Waals surface area contributed by atoms with Gasteiger partial charge in [0.05, 0.1) is 23.8 Å². The van der Waals surface area contributed by atoms with Crippen molar-refractivity contribution in [3.05, 3.63) is 75.0 Å². The molecule has 0 saturated carbocycles. The number of rotatable bonds is 2. The maximum absolute atomic E-state index is 13.2. The minimum Gasteiger partial charge on any atom is -0.294 e. The molecule has 0 amide bonds. The molecule has 3 aromatic rings. The first-order chi connectivity index (χ1) is 9.63. The Bertz CT molecular complexity index is 845. The van der Waals surface area contributed by atoms with Crippen molar-refractivity contribution in [3.8, 4) is 0 Å². The molecular weight excluding hydrogens is 323 g/mol. The van der Waals surface area contributed by atoms with Crippen LogP contribution in [0.2, 0.25) is 0 Å². The van der Waals surface area contributed by atoms with E-state index in [1.54, 1.807) is 24.3 Å². The molecule has 2 aromatic carbocycles. The predicted molar refractivity (Wildman–Crippen MR) is 79.2 cm³/mol. The van der Waals surface area contributed by atoms with Crippen LogP contribution >= 0.6 is 15.9 Å². The van der Waals surface area contributed by atoms with Gasteiger partial charge in [-0.15, -0.1) is 0 Å². The van der Waals surface area contributed by atoms with E-state index in [9.17, 15) is 9.18 Å². The van der Waals surface area contributed by atoms with Crippen LogP contribution in [0.4, 0.5) is 4.39 Å². The maximum atomic E-state index is 13.2. The molecular formula is C15H10BrFN2O. The highest BCUT2D eigenvalue weighted by atomic mass is 79.9. The summed E-state index contributed by atoms with van der Waals surface area (Å²) in [6, 6.07) is 11.6. The fourth-order valence-electron chi connectivity index (χ4n) is 2.08. The second kappa shape index (κ2) is 5.17. The molecule has 0 radical (unpaired) electrons.